The normalized spacial score (nSPS) is 19.6. The molecule has 72 heavy (non-hydrogen) atoms. The van der Waals surface area contributed by atoms with Crippen LogP contribution in [0, 0.1) is 5.92 Å². The fraction of sp³-hybridized carbons (Fsp3) is 0.472. The van der Waals surface area contributed by atoms with Crippen LogP contribution in [-0.4, -0.2) is 126 Å². The van der Waals surface area contributed by atoms with Gasteiger partial charge >= 0.3 is 5.76 Å². The van der Waals surface area contributed by atoms with Crippen molar-refractivity contribution in [3.63, 3.8) is 0 Å². The summed E-state index contributed by atoms with van der Waals surface area (Å²) in [7, 11) is -2.74. The number of piperazine rings is 1. The summed E-state index contributed by atoms with van der Waals surface area (Å²) >= 11 is 3.65. The predicted molar refractivity (Wildman–Crippen MR) is 289 cm³/mol. The number of carbonyl (C=O) groups excluding carboxylic acids is 2. The van der Waals surface area contributed by atoms with E-state index in [1.54, 1.807) is 19.5 Å². The van der Waals surface area contributed by atoms with Crippen molar-refractivity contribution in [1.82, 2.24) is 34.6 Å². The molecular weight excluding hydrogens is 998 g/mol. The van der Waals surface area contributed by atoms with Crippen LogP contribution in [0.1, 0.15) is 70.2 Å². The van der Waals surface area contributed by atoms with Crippen LogP contribution in [0.5, 0.6) is 5.75 Å². The van der Waals surface area contributed by atoms with E-state index in [1.807, 2.05) is 49.4 Å². The number of piperidine rings is 2. The number of aromatic nitrogens is 4. The number of rotatable bonds is 15. The molecular formula is C53H65BrN11O6P. The summed E-state index contributed by atoms with van der Waals surface area (Å²) < 4.78 is 28.0. The zero-order valence-electron chi connectivity index (χ0n) is 41.9. The maximum Gasteiger partial charge on any atom is 0.420 e. The van der Waals surface area contributed by atoms with Crippen LogP contribution in [-0.2, 0) is 27.0 Å². The fourth-order valence-corrected chi connectivity index (χ4v) is 13.1. The molecule has 17 nitrogen and oxygen atoms in total. The number of benzene rings is 3. The van der Waals surface area contributed by atoms with Crippen LogP contribution >= 0.6 is 23.1 Å². The van der Waals surface area contributed by atoms with Crippen LogP contribution in [0.25, 0.3) is 22.0 Å². The van der Waals surface area contributed by atoms with Crippen molar-refractivity contribution in [2.75, 3.05) is 99.3 Å². The van der Waals surface area contributed by atoms with Gasteiger partial charge in [0.25, 0.3) is 0 Å². The number of imide groups is 1. The van der Waals surface area contributed by atoms with Gasteiger partial charge in [0.2, 0.25) is 17.8 Å². The highest BCUT2D eigenvalue weighted by molar-refractivity contribution is 9.10. The molecule has 0 bridgehead atoms. The minimum absolute atomic E-state index is 0.189. The summed E-state index contributed by atoms with van der Waals surface area (Å²) in [6.45, 7) is 19.3. The molecule has 10 rings (SSSR count). The smallest absolute Gasteiger partial charge is 0.420 e. The third-order valence-corrected chi connectivity index (χ3v) is 17.1. The molecule has 3 aromatic carbocycles. The topological polar surface area (TPSA) is 183 Å². The summed E-state index contributed by atoms with van der Waals surface area (Å²) in [6.07, 6.45) is 7.11. The zero-order chi connectivity index (χ0) is 50.3. The van der Waals surface area contributed by atoms with Crippen LogP contribution in [0.15, 0.2) is 74.5 Å². The first kappa shape index (κ1) is 49.8. The van der Waals surface area contributed by atoms with Gasteiger partial charge in [0.1, 0.15) is 24.8 Å². The number of carbonyl (C=O) groups is 2. The van der Waals surface area contributed by atoms with E-state index in [2.05, 4.69) is 82.4 Å². The largest absolute Gasteiger partial charge is 0.492 e. The number of oxazole rings is 1. The lowest BCUT2D eigenvalue weighted by Crippen LogP contribution is -2.54. The monoisotopic (exact) mass is 1060 g/mol. The molecule has 2 atom stereocenters. The minimum Gasteiger partial charge on any atom is -0.492 e. The van der Waals surface area contributed by atoms with Gasteiger partial charge in [-0.3, -0.25) is 29.4 Å². The zero-order valence-corrected chi connectivity index (χ0v) is 44.4. The lowest BCUT2D eigenvalue weighted by molar-refractivity contribution is -0.135. The second-order valence-corrected chi connectivity index (χ2v) is 23.9. The van der Waals surface area contributed by atoms with Crippen LogP contribution in [0.4, 0.5) is 34.5 Å². The van der Waals surface area contributed by atoms with Crippen LogP contribution < -0.4 is 41.5 Å². The lowest BCUT2D eigenvalue weighted by Gasteiger charge is -2.44. The number of pyridine rings is 1. The first-order chi connectivity index (χ1) is 34.8. The molecule has 1 unspecified atom stereocenters. The van der Waals surface area contributed by atoms with Crippen molar-refractivity contribution in [3.05, 3.63) is 87.1 Å². The van der Waals surface area contributed by atoms with Gasteiger partial charge in [0.05, 0.1) is 39.2 Å². The van der Waals surface area contributed by atoms with Gasteiger partial charge in [0.15, 0.2) is 5.58 Å². The van der Waals surface area contributed by atoms with Gasteiger partial charge < -0.3 is 39.1 Å². The number of anilines is 6. The summed E-state index contributed by atoms with van der Waals surface area (Å²) in [5.74, 6) is 0.834. The molecule has 3 N–H and O–H groups in total. The van der Waals surface area contributed by atoms with E-state index in [-0.39, 0.29) is 18.7 Å². The third-order valence-electron chi connectivity index (χ3n) is 14.9. The molecule has 7 heterocycles. The van der Waals surface area contributed by atoms with E-state index in [0.717, 1.165) is 130 Å². The van der Waals surface area contributed by atoms with Crippen LogP contribution in [0.2, 0.25) is 0 Å². The Labute approximate surface area is 428 Å². The minimum atomic E-state index is -2.74. The van der Waals surface area contributed by atoms with Crippen molar-refractivity contribution >= 4 is 96.7 Å². The fourth-order valence-electron chi connectivity index (χ4n) is 11.3. The van der Waals surface area contributed by atoms with E-state index >= 15 is 0 Å². The molecule has 3 aromatic heterocycles. The Morgan fingerprint density at radius 2 is 1.64 bits per heavy atom. The molecule has 0 aliphatic carbocycles. The van der Waals surface area contributed by atoms with E-state index < -0.39 is 24.8 Å². The number of ether oxygens (including phenoxy) is 1. The van der Waals surface area contributed by atoms with E-state index in [0.29, 0.717) is 51.6 Å². The summed E-state index contributed by atoms with van der Waals surface area (Å²) in [6, 6.07) is 17.8. The van der Waals surface area contributed by atoms with Gasteiger partial charge in [-0.15, -0.1) is 0 Å². The number of amides is 2. The third kappa shape index (κ3) is 10.2. The number of nitrogens with one attached hydrogen (secondary N) is 3. The molecule has 4 saturated heterocycles. The number of nitrogens with zero attached hydrogens (tertiary/aromatic N) is 8. The standard InChI is InChI=1S/C53H65BrN11O6P/c1-6-34-28-41(58-52-55-30-38(54)50(60-52)57-40-15-14-39-37(49(40)72(4,5)69)13-12-35(7-2)56-39)46(70-8-3)29-45(34)63-22-19-36(20-23-63)62-26-24-61(25-27-62)31-33-18-21-64(32-33)42-10-9-11-43-48(42)71-53(68)65(43)44-16-17-47(66)59-51(44)67/h9-15,28-30,33,36,44H,6-8,16-27,31-32H2,1-5H3,(H,59,66,67)(H2,55,57,58,60)/t33-,44?/m1/s1. The van der Waals surface area contributed by atoms with E-state index in [4.69, 9.17) is 19.1 Å². The SMILES string of the molecule is CCOc1cc(N2CCC(N3CCN(C[C@H]4CCN(c5cccc6c5oc(=O)n6C5CCC(=O)NC5=O)C4)CC3)CC2)c(CC)cc1Nc1ncc(Br)c(Nc2ccc3nc(CC)ccc3c2P(C)(C)=O)n1. The average molecular weight is 1060 g/mol. The van der Waals surface area contributed by atoms with Gasteiger partial charge in [0, 0.05) is 106 Å². The highest BCUT2D eigenvalue weighted by Gasteiger charge is 2.35. The second-order valence-electron chi connectivity index (χ2n) is 19.9. The number of halogens is 1. The molecule has 2 amide bonds. The first-order valence-corrected chi connectivity index (χ1v) is 29.0. The van der Waals surface area contributed by atoms with Crippen molar-refractivity contribution in [2.45, 2.75) is 77.8 Å². The number of hydrogen-bond acceptors (Lipinski definition) is 15. The first-order valence-electron chi connectivity index (χ1n) is 25.6. The van der Waals surface area contributed by atoms with Gasteiger partial charge in [-0.05, 0) is 123 Å². The Hall–Kier alpha value is -5.81. The van der Waals surface area contributed by atoms with Crippen molar-refractivity contribution < 1.29 is 23.3 Å². The summed E-state index contributed by atoms with van der Waals surface area (Å²) in [5, 5.41) is 10.9. The van der Waals surface area contributed by atoms with Crippen LogP contribution in [0.3, 0.4) is 0 Å². The summed E-state index contributed by atoms with van der Waals surface area (Å²) in [5.41, 5.74) is 7.72. The molecule has 0 radical (unpaired) electrons. The Bertz CT molecular complexity index is 3120. The number of fused-ring (bicyclic) bond motifs is 2. The number of aryl methyl sites for hydroxylation is 2. The molecule has 4 aliphatic rings. The predicted octanol–water partition coefficient (Wildman–Crippen LogP) is 8.04. The Morgan fingerprint density at radius 3 is 2.38 bits per heavy atom. The van der Waals surface area contributed by atoms with Gasteiger partial charge in [-0.25, -0.2) is 9.78 Å². The van der Waals surface area contributed by atoms with Crippen molar-refractivity contribution in [2.24, 2.45) is 5.92 Å². The molecule has 0 saturated carbocycles. The lowest BCUT2D eigenvalue weighted by atomic mass is 9.99. The Morgan fingerprint density at radius 1 is 0.847 bits per heavy atom. The van der Waals surface area contributed by atoms with Gasteiger partial charge in [-0.2, -0.15) is 4.98 Å². The van der Waals surface area contributed by atoms with E-state index in [1.165, 1.54) is 15.8 Å². The molecule has 0 spiro atoms. The average Bonchev–Trinajstić information content (AvgIpc) is 3.98. The van der Waals surface area contributed by atoms with E-state index in [9.17, 15) is 18.9 Å². The highest BCUT2D eigenvalue weighted by Crippen LogP contribution is 2.43. The maximum atomic E-state index is 13.8. The highest BCUT2D eigenvalue weighted by atomic mass is 79.9. The van der Waals surface area contributed by atoms with Crippen molar-refractivity contribution in [3.8, 4) is 5.75 Å². The molecule has 4 fully saturated rings. The molecule has 19 heteroatoms. The van der Waals surface area contributed by atoms with Crippen molar-refractivity contribution in [1.29, 1.82) is 0 Å². The quantitative estimate of drug-likeness (QED) is 0.0663. The second kappa shape index (κ2) is 21.0. The van der Waals surface area contributed by atoms with Gasteiger partial charge in [-0.1, -0.05) is 26.0 Å². The Balaban J connectivity index is 0.749. The summed E-state index contributed by atoms with van der Waals surface area (Å²) in [4.78, 5) is 62.0. The maximum absolute atomic E-state index is 13.8. The number of para-hydroxylation sites is 1. The molecule has 6 aromatic rings. The number of hydrogen-bond donors (Lipinski definition) is 3. The Kier molecular flexibility index (Phi) is 14.5. The molecule has 4 aliphatic heterocycles. The molecule has 380 valence electrons.